The lowest BCUT2D eigenvalue weighted by Gasteiger charge is -2.29. The molecule has 0 saturated carbocycles. The van der Waals surface area contributed by atoms with Gasteiger partial charge < -0.3 is 20.5 Å². The monoisotopic (exact) mass is 318 g/mol. The topological polar surface area (TPSA) is 73.6 Å². The largest absolute Gasteiger partial charge is 0.487 e. The molecular weight excluding hydrogens is 292 g/mol. The average Bonchev–Trinajstić information content (AvgIpc) is 2.92. The normalized spacial score (nSPS) is 26.9. The highest BCUT2D eigenvalue weighted by molar-refractivity contribution is 5.82. The lowest BCUT2D eigenvalue weighted by molar-refractivity contribution is -0.125. The van der Waals surface area contributed by atoms with E-state index in [0.29, 0.717) is 13.2 Å². The number of rotatable bonds is 4. The fourth-order valence-electron chi connectivity index (χ4n) is 3.62. The van der Waals surface area contributed by atoms with Gasteiger partial charge in [0.15, 0.2) is 0 Å². The van der Waals surface area contributed by atoms with E-state index < -0.39 is 6.04 Å². The molecule has 3 rings (SSSR count). The van der Waals surface area contributed by atoms with Crippen LogP contribution < -0.4 is 15.8 Å². The Kier molecular flexibility index (Phi) is 4.87. The number of fused-ring (bicyclic) bond motifs is 1. The number of hydrogen-bond donors (Lipinski definition) is 2. The minimum Gasteiger partial charge on any atom is -0.487 e. The summed E-state index contributed by atoms with van der Waals surface area (Å²) in [6, 6.07) is 7.50. The Morgan fingerprint density at radius 3 is 2.70 bits per heavy atom. The number of carbonyl (C=O) groups excluding carboxylic acids is 1. The zero-order chi connectivity index (χ0) is 16.4. The fraction of sp³-hybridized carbons (Fsp3) is 0.611. The number of carbonyl (C=O) groups is 1. The number of hydrogen-bond acceptors (Lipinski definition) is 4. The quantitative estimate of drug-likeness (QED) is 0.888. The van der Waals surface area contributed by atoms with Crippen molar-refractivity contribution in [2.75, 3.05) is 13.2 Å². The molecule has 1 amide bonds. The van der Waals surface area contributed by atoms with Gasteiger partial charge in [0.25, 0.3) is 0 Å². The van der Waals surface area contributed by atoms with Crippen LogP contribution in [0, 0.1) is 5.92 Å². The van der Waals surface area contributed by atoms with E-state index in [4.69, 9.17) is 15.2 Å². The van der Waals surface area contributed by atoms with Crippen molar-refractivity contribution in [1.82, 2.24) is 5.32 Å². The molecule has 4 atom stereocenters. The van der Waals surface area contributed by atoms with Crippen LogP contribution in [0.2, 0.25) is 0 Å². The molecule has 5 heteroatoms. The molecule has 0 radical (unpaired) electrons. The van der Waals surface area contributed by atoms with Gasteiger partial charge in [-0.25, -0.2) is 0 Å². The zero-order valence-corrected chi connectivity index (χ0v) is 13.8. The maximum Gasteiger partial charge on any atom is 0.237 e. The summed E-state index contributed by atoms with van der Waals surface area (Å²) < 4.78 is 11.4. The van der Waals surface area contributed by atoms with Gasteiger partial charge >= 0.3 is 0 Å². The summed E-state index contributed by atoms with van der Waals surface area (Å²) in [7, 11) is 0. The van der Waals surface area contributed by atoms with Gasteiger partial charge in [0, 0.05) is 24.7 Å². The van der Waals surface area contributed by atoms with E-state index in [0.717, 1.165) is 18.6 Å². The number of para-hydroxylation sites is 1. The van der Waals surface area contributed by atoms with Crippen molar-refractivity contribution in [3.05, 3.63) is 29.8 Å². The van der Waals surface area contributed by atoms with Crippen LogP contribution in [0.15, 0.2) is 24.3 Å². The van der Waals surface area contributed by atoms with Gasteiger partial charge in [-0.15, -0.1) is 0 Å². The molecule has 1 aromatic rings. The van der Waals surface area contributed by atoms with Crippen LogP contribution in [0.25, 0.3) is 0 Å². The van der Waals surface area contributed by atoms with Crippen molar-refractivity contribution in [2.45, 2.75) is 50.8 Å². The Morgan fingerprint density at radius 1 is 1.30 bits per heavy atom. The van der Waals surface area contributed by atoms with E-state index in [2.05, 4.69) is 18.3 Å². The third-order valence-corrected chi connectivity index (χ3v) is 5.10. The molecule has 2 aliphatic heterocycles. The van der Waals surface area contributed by atoms with E-state index in [1.807, 2.05) is 25.1 Å². The Labute approximate surface area is 137 Å². The van der Waals surface area contributed by atoms with E-state index in [1.54, 1.807) is 0 Å². The van der Waals surface area contributed by atoms with Crippen molar-refractivity contribution < 1.29 is 14.3 Å². The average molecular weight is 318 g/mol. The van der Waals surface area contributed by atoms with Crippen molar-refractivity contribution in [3.63, 3.8) is 0 Å². The Morgan fingerprint density at radius 2 is 2.00 bits per heavy atom. The first-order chi connectivity index (χ1) is 11.1. The second-order valence-electron chi connectivity index (χ2n) is 6.68. The van der Waals surface area contributed by atoms with Crippen molar-refractivity contribution >= 4 is 5.91 Å². The first kappa shape index (κ1) is 16.3. The zero-order valence-electron chi connectivity index (χ0n) is 13.8. The first-order valence-corrected chi connectivity index (χ1v) is 8.47. The van der Waals surface area contributed by atoms with Crippen molar-refractivity contribution in [3.8, 4) is 5.75 Å². The van der Waals surface area contributed by atoms with Crippen molar-refractivity contribution in [2.24, 2.45) is 11.7 Å². The second kappa shape index (κ2) is 6.89. The summed E-state index contributed by atoms with van der Waals surface area (Å²) in [5.74, 6) is 1.28. The molecule has 4 unspecified atom stereocenters. The molecule has 23 heavy (non-hydrogen) atoms. The molecule has 0 spiro atoms. The number of amides is 1. The van der Waals surface area contributed by atoms with Crippen molar-refractivity contribution in [1.29, 1.82) is 0 Å². The number of ether oxygens (including phenoxy) is 2. The highest BCUT2D eigenvalue weighted by Crippen LogP contribution is 2.38. The van der Waals surface area contributed by atoms with Crippen LogP contribution in [0.5, 0.6) is 5.75 Å². The second-order valence-corrected chi connectivity index (χ2v) is 6.68. The van der Waals surface area contributed by atoms with Crippen LogP contribution in [-0.2, 0) is 9.53 Å². The third kappa shape index (κ3) is 3.35. The molecule has 5 nitrogen and oxygen atoms in total. The van der Waals surface area contributed by atoms with Gasteiger partial charge in [0.1, 0.15) is 11.9 Å². The summed E-state index contributed by atoms with van der Waals surface area (Å²) in [6.07, 6.45) is 1.65. The fourth-order valence-corrected chi connectivity index (χ4v) is 3.62. The summed E-state index contributed by atoms with van der Waals surface area (Å²) >= 11 is 0. The summed E-state index contributed by atoms with van der Waals surface area (Å²) in [5.41, 5.74) is 7.35. The highest BCUT2D eigenvalue weighted by atomic mass is 16.5. The number of benzene rings is 1. The minimum absolute atomic E-state index is 0.0572. The predicted octanol–water partition coefficient (Wildman–Crippen LogP) is 1.81. The molecule has 3 N–H and O–H groups in total. The van der Waals surface area contributed by atoms with Crippen LogP contribution in [0.4, 0.5) is 0 Å². The van der Waals surface area contributed by atoms with E-state index in [9.17, 15) is 4.79 Å². The van der Waals surface area contributed by atoms with Gasteiger partial charge in [0.2, 0.25) is 5.91 Å². The lowest BCUT2D eigenvalue weighted by Crippen LogP contribution is -2.53. The Hall–Kier alpha value is -1.59. The molecule has 1 saturated heterocycles. The van der Waals surface area contributed by atoms with Gasteiger partial charge in [-0.1, -0.05) is 25.1 Å². The first-order valence-electron chi connectivity index (χ1n) is 8.47. The summed E-state index contributed by atoms with van der Waals surface area (Å²) in [5, 5.41) is 3.05. The van der Waals surface area contributed by atoms with Gasteiger partial charge in [-0.05, 0) is 31.7 Å². The van der Waals surface area contributed by atoms with E-state index >= 15 is 0 Å². The molecule has 126 valence electrons. The molecule has 1 fully saturated rings. The van der Waals surface area contributed by atoms with Crippen LogP contribution in [0.3, 0.4) is 0 Å². The predicted molar refractivity (Wildman–Crippen MR) is 88.4 cm³/mol. The van der Waals surface area contributed by atoms with Crippen LogP contribution in [-0.4, -0.2) is 37.3 Å². The van der Waals surface area contributed by atoms with Gasteiger partial charge in [-0.3, -0.25) is 4.79 Å². The maximum absolute atomic E-state index is 12.5. The summed E-state index contributed by atoms with van der Waals surface area (Å²) in [4.78, 5) is 12.5. The number of nitrogens with one attached hydrogen (secondary N) is 1. The van der Waals surface area contributed by atoms with E-state index in [1.165, 1.54) is 5.56 Å². The Bertz CT molecular complexity index is 557. The van der Waals surface area contributed by atoms with Crippen LogP contribution in [0.1, 0.15) is 38.2 Å². The van der Waals surface area contributed by atoms with Crippen LogP contribution >= 0.6 is 0 Å². The lowest BCUT2D eigenvalue weighted by atomic mass is 9.90. The number of nitrogens with two attached hydrogens (primary N) is 1. The standard InChI is InChI=1S/C18H26N2O3/c1-11-14-5-3-4-6-15(14)23-17(11)12(2)20-18(21)16(19)13-7-9-22-10-8-13/h3-6,11-13,16-17H,7-10,19H2,1-2H3,(H,20,21). The van der Waals surface area contributed by atoms with E-state index in [-0.39, 0.29) is 29.9 Å². The maximum atomic E-state index is 12.5. The Balaban J connectivity index is 1.59. The van der Waals surface area contributed by atoms with Gasteiger partial charge in [0.05, 0.1) is 12.1 Å². The third-order valence-electron chi connectivity index (χ3n) is 5.10. The smallest absolute Gasteiger partial charge is 0.237 e. The minimum atomic E-state index is -0.472. The summed E-state index contributed by atoms with van der Waals surface area (Å²) in [6.45, 7) is 5.51. The SMILES string of the molecule is CC(NC(=O)C(N)C1CCOCC1)C1Oc2ccccc2C1C. The highest BCUT2D eigenvalue weighted by Gasteiger charge is 2.36. The molecule has 2 heterocycles. The molecular formula is C18H26N2O3. The molecule has 1 aromatic carbocycles. The molecule has 0 bridgehead atoms. The molecule has 0 aliphatic carbocycles. The molecule has 2 aliphatic rings. The molecule has 0 aromatic heterocycles. The van der Waals surface area contributed by atoms with Gasteiger partial charge in [-0.2, -0.15) is 0 Å².